The highest BCUT2D eigenvalue weighted by Gasteiger charge is 2.22. The van der Waals surface area contributed by atoms with E-state index in [1.54, 1.807) is 25.3 Å². The van der Waals surface area contributed by atoms with Gasteiger partial charge in [0.05, 0.1) is 37.6 Å². The highest BCUT2D eigenvalue weighted by atomic mass is 16.5. The van der Waals surface area contributed by atoms with Crippen LogP contribution >= 0.6 is 0 Å². The van der Waals surface area contributed by atoms with Gasteiger partial charge >= 0.3 is 5.56 Å². The van der Waals surface area contributed by atoms with E-state index in [9.17, 15) is 10.1 Å². The molecule has 0 bridgehead atoms. The smallest absolute Gasteiger partial charge is 0.350 e. The number of H-pyrrole nitrogens is 1. The molecule has 0 radical (unpaired) electrons. The minimum Gasteiger partial charge on any atom is -0.497 e. The fourth-order valence-electron chi connectivity index (χ4n) is 3.83. The summed E-state index contributed by atoms with van der Waals surface area (Å²) in [7, 11) is 4.63. The van der Waals surface area contributed by atoms with Gasteiger partial charge < -0.3 is 14.2 Å². The van der Waals surface area contributed by atoms with E-state index in [0.29, 0.717) is 39.2 Å². The van der Waals surface area contributed by atoms with Crippen molar-refractivity contribution in [2.45, 2.75) is 0 Å². The quantitative estimate of drug-likeness (QED) is 0.333. The topological polar surface area (TPSA) is 100.0 Å². The SMILES string of the molecule is COc1ccc2[nH+]c3c(cc(C#N)c4nc5cc(OC)c(OC)cc5c(=O)n43)cc2c1. The first kappa shape index (κ1) is 18.6. The van der Waals surface area contributed by atoms with Gasteiger partial charge in [0.1, 0.15) is 22.9 Å². The van der Waals surface area contributed by atoms with Crippen molar-refractivity contribution >= 4 is 38.5 Å². The van der Waals surface area contributed by atoms with Crippen LogP contribution in [0.1, 0.15) is 5.56 Å². The van der Waals surface area contributed by atoms with Crippen molar-refractivity contribution < 1.29 is 19.2 Å². The van der Waals surface area contributed by atoms with Gasteiger partial charge in [0.2, 0.25) is 5.65 Å². The Hall–Kier alpha value is -4.38. The van der Waals surface area contributed by atoms with E-state index >= 15 is 0 Å². The monoisotopic (exact) mass is 413 g/mol. The maximum Gasteiger partial charge on any atom is 0.350 e. The molecule has 0 unspecified atom stereocenters. The van der Waals surface area contributed by atoms with E-state index in [4.69, 9.17) is 14.2 Å². The number of rotatable bonds is 3. The molecule has 8 heteroatoms. The molecule has 0 amide bonds. The van der Waals surface area contributed by atoms with Gasteiger partial charge in [-0.1, -0.05) is 0 Å². The number of aromatic nitrogens is 3. The molecule has 0 fully saturated rings. The first-order valence-electron chi connectivity index (χ1n) is 9.43. The van der Waals surface area contributed by atoms with Crippen LogP contribution in [0, 0.1) is 11.3 Å². The molecular formula is C23H17N4O4+. The summed E-state index contributed by atoms with van der Waals surface area (Å²) in [6.07, 6.45) is 0. The van der Waals surface area contributed by atoms with Crippen LogP contribution in [0.2, 0.25) is 0 Å². The van der Waals surface area contributed by atoms with Crippen LogP contribution in [0.15, 0.2) is 47.3 Å². The Morgan fingerprint density at radius 3 is 2.45 bits per heavy atom. The lowest BCUT2D eigenvalue weighted by atomic mass is 10.1. The Bertz CT molecular complexity index is 1630. The van der Waals surface area contributed by atoms with Crippen LogP contribution in [-0.2, 0) is 0 Å². The standard InChI is InChI=1S/C23H16N4O4/c1-29-15-4-5-17-12(8-15)6-13-7-14(11-24)22-26-18-10-20(31-3)19(30-2)9-16(18)23(28)27(22)21(13)25-17/h4-10H,1-3H3/p+1. The van der Waals surface area contributed by atoms with Crippen LogP contribution < -0.4 is 24.8 Å². The normalized spacial score (nSPS) is 11.2. The number of nitrogens with one attached hydrogen (secondary N) is 1. The number of benzene rings is 2. The third-order valence-electron chi connectivity index (χ3n) is 5.35. The van der Waals surface area contributed by atoms with Gasteiger partial charge in [-0.2, -0.15) is 5.26 Å². The van der Waals surface area contributed by atoms with Crippen molar-refractivity contribution in [3.05, 3.63) is 58.4 Å². The number of hydrogen-bond acceptors (Lipinski definition) is 6. The van der Waals surface area contributed by atoms with Crippen LogP contribution in [0.3, 0.4) is 0 Å². The molecule has 1 N–H and O–H groups in total. The average Bonchev–Trinajstić information content (AvgIpc) is 2.81. The van der Waals surface area contributed by atoms with Gasteiger partial charge in [0.15, 0.2) is 11.5 Å². The number of fused-ring (bicyclic) bond motifs is 5. The summed E-state index contributed by atoms with van der Waals surface area (Å²) in [5.41, 5.74) is 2.02. The lowest BCUT2D eigenvalue weighted by molar-refractivity contribution is -0.314. The molecule has 0 aliphatic rings. The lowest BCUT2D eigenvalue weighted by Crippen LogP contribution is -2.22. The second kappa shape index (κ2) is 6.85. The molecule has 31 heavy (non-hydrogen) atoms. The second-order valence-electron chi connectivity index (χ2n) is 7.00. The van der Waals surface area contributed by atoms with E-state index in [0.717, 1.165) is 10.9 Å². The highest BCUT2D eigenvalue weighted by molar-refractivity contribution is 5.92. The first-order valence-corrected chi connectivity index (χ1v) is 9.43. The number of nitrogens with zero attached hydrogens (tertiary/aromatic N) is 3. The summed E-state index contributed by atoms with van der Waals surface area (Å²) in [4.78, 5) is 21.5. The molecular weight excluding hydrogens is 396 g/mol. The molecule has 0 spiro atoms. The molecule has 0 aliphatic carbocycles. The second-order valence-corrected chi connectivity index (χ2v) is 7.00. The van der Waals surface area contributed by atoms with Crippen molar-refractivity contribution in [3.8, 4) is 23.3 Å². The van der Waals surface area contributed by atoms with Gasteiger partial charge in [0.25, 0.3) is 5.65 Å². The van der Waals surface area contributed by atoms with Gasteiger partial charge in [-0.05, 0) is 30.3 Å². The van der Waals surface area contributed by atoms with Gasteiger partial charge in [-0.25, -0.2) is 14.8 Å². The molecule has 0 saturated heterocycles. The molecule has 3 heterocycles. The maximum absolute atomic E-state index is 13.6. The van der Waals surface area contributed by atoms with Crippen molar-refractivity contribution in [2.75, 3.05) is 21.3 Å². The van der Waals surface area contributed by atoms with Gasteiger partial charge in [-0.3, -0.25) is 0 Å². The summed E-state index contributed by atoms with van der Waals surface area (Å²) < 4.78 is 17.4. The minimum atomic E-state index is -0.313. The Kier molecular flexibility index (Phi) is 4.12. The summed E-state index contributed by atoms with van der Waals surface area (Å²) in [5.74, 6) is 1.60. The molecule has 8 nitrogen and oxygen atoms in total. The predicted octanol–water partition coefficient (Wildman–Crippen LogP) is 2.87. The summed E-state index contributed by atoms with van der Waals surface area (Å²) in [6, 6.07) is 14.6. The summed E-state index contributed by atoms with van der Waals surface area (Å²) in [6.45, 7) is 0. The Morgan fingerprint density at radius 1 is 0.968 bits per heavy atom. The fourth-order valence-corrected chi connectivity index (χ4v) is 3.83. The Morgan fingerprint density at radius 2 is 1.74 bits per heavy atom. The average molecular weight is 413 g/mol. The van der Waals surface area contributed by atoms with Crippen LogP contribution in [-0.4, -0.2) is 30.7 Å². The predicted molar refractivity (Wildman–Crippen MR) is 115 cm³/mol. The van der Waals surface area contributed by atoms with Crippen LogP contribution in [0.4, 0.5) is 0 Å². The number of aromatic amines is 1. The molecule has 5 rings (SSSR count). The third-order valence-corrected chi connectivity index (χ3v) is 5.35. The largest absolute Gasteiger partial charge is 0.497 e. The summed E-state index contributed by atoms with van der Waals surface area (Å²) >= 11 is 0. The Balaban J connectivity index is 1.98. The van der Waals surface area contributed by atoms with E-state index in [2.05, 4.69) is 16.0 Å². The van der Waals surface area contributed by atoms with Crippen LogP contribution in [0.5, 0.6) is 17.2 Å². The summed E-state index contributed by atoms with van der Waals surface area (Å²) in [5, 5.41) is 11.7. The van der Waals surface area contributed by atoms with Crippen molar-refractivity contribution in [1.29, 1.82) is 5.26 Å². The third kappa shape index (κ3) is 2.71. The molecule has 0 atom stereocenters. The molecule has 5 aromatic rings. The van der Waals surface area contributed by atoms with E-state index in [-0.39, 0.29) is 16.8 Å². The number of hydrogen-bond donors (Lipinski definition) is 0. The van der Waals surface area contributed by atoms with Crippen molar-refractivity contribution in [1.82, 2.24) is 9.38 Å². The number of pyridine rings is 2. The first-order chi connectivity index (χ1) is 15.1. The minimum absolute atomic E-state index is 0.267. The van der Waals surface area contributed by atoms with E-state index in [1.165, 1.54) is 18.6 Å². The zero-order valence-electron chi connectivity index (χ0n) is 17.0. The molecule has 152 valence electrons. The van der Waals surface area contributed by atoms with E-state index in [1.807, 2.05) is 24.3 Å². The zero-order chi connectivity index (χ0) is 21.7. The molecule has 2 aromatic carbocycles. The van der Waals surface area contributed by atoms with Crippen molar-refractivity contribution in [3.63, 3.8) is 0 Å². The van der Waals surface area contributed by atoms with Gasteiger partial charge in [0, 0.05) is 17.5 Å². The number of nitriles is 1. The van der Waals surface area contributed by atoms with E-state index < -0.39 is 0 Å². The number of ether oxygens (including phenoxy) is 3. The fraction of sp³-hybridized carbons (Fsp3) is 0.130. The van der Waals surface area contributed by atoms with Gasteiger partial charge in [-0.15, -0.1) is 4.40 Å². The zero-order valence-corrected chi connectivity index (χ0v) is 17.0. The lowest BCUT2D eigenvalue weighted by Gasteiger charge is -2.09. The van der Waals surface area contributed by atoms with Crippen molar-refractivity contribution in [2.24, 2.45) is 0 Å². The maximum atomic E-state index is 13.6. The van der Waals surface area contributed by atoms with Crippen LogP contribution in [0.25, 0.3) is 38.5 Å². The molecule has 0 aliphatic heterocycles. The number of methoxy groups -OCH3 is 3. The Labute approximate surface area is 175 Å². The highest BCUT2D eigenvalue weighted by Crippen LogP contribution is 2.31. The molecule has 3 aromatic heterocycles. The molecule has 0 saturated carbocycles.